The van der Waals surface area contributed by atoms with Crippen molar-refractivity contribution in [2.24, 2.45) is 0 Å². The number of nitrogens with zero attached hydrogens (tertiary/aromatic N) is 4. The summed E-state index contributed by atoms with van der Waals surface area (Å²) in [6.07, 6.45) is 1.86. The van der Waals surface area contributed by atoms with E-state index in [1.165, 1.54) is 6.07 Å². The molecule has 1 aromatic heterocycles. The van der Waals surface area contributed by atoms with Crippen LogP contribution in [-0.2, 0) is 19.5 Å². The summed E-state index contributed by atoms with van der Waals surface area (Å²) in [5.74, 6) is 0.821. The molecule has 2 aliphatic rings. The summed E-state index contributed by atoms with van der Waals surface area (Å²) in [5.41, 5.74) is 3.93. The molecule has 0 saturated heterocycles. The Morgan fingerprint density at radius 3 is 2.76 bits per heavy atom. The standard InChI is InChI=1S/C26H29FN4O3/c1-3-12-29-13-11-22-19(15-29)21(28-31(22)23-8-6-5-7-20(23)27)16-30(4-2)26(32)18-9-10-24-25(14-18)34-17-33-24/h5-10,14H,3-4,11-13,15-17H2,1-2H3. The Kier molecular flexibility index (Phi) is 6.24. The van der Waals surface area contributed by atoms with Crippen LogP contribution < -0.4 is 9.47 Å². The molecule has 0 radical (unpaired) electrons. The minimum Gasteiger partial charge on any atom is -0.454 e. The molecule has 7 nitrogen and oxygen atoms in total. The van der Waals surface area contributed by atoms with E-state index < -0.39 is 0 Å². The lowest BCUT2D eigenvalue weighted by atomic mass is 10.0. The van der Waals surface area contributed by atoms with Gasteiger partial charge in [-0.2, -0.15) is 5.10 Å². The van der Waals surface area contributed by atoms with E-state index in [4.69, 9.17) is 14.6 Å². The van der Waals surface area contributed by atoms with Crippen LogP contribution in [0, 0.1) is 5.82 Å². The first-order valence-corrected chi connectivity index (χ1v) is 11.8. The van der Waals surface area contributed by atoms with Gasteiger partial charge in [0.15, 0.2) is 11.5 Å². The predicted octanol–water partition coefficient (Wildman–Crippen LogP) is 4.17. The fourth-order valence-electron chi connectivity index (χ4n) is 4.72. The monoisotopic (exact) mass is 464 g/mol. The van der Waals surface area contributed by atoms with Crippen molar-refractivity contribution in [3.63, 3.8) is 0 Å². The number of fused-ring (bicyclic) bond motifs is 2. The van der Waals surface area contributed by atoms with E-state index in [2.05, 4.69) is 11.8 Å². The van der Waals surface area contributed by atoms with E-state index >= 15 is 0 Å². The van der Waals surface area contributed by atoms with Crippen LogP contribution >= 0.6 is 0 Å². The van der Waals surface area contributed by atoms with Gasteiger partial charge in [-0.3, -0.25) is 9.69 Å². The lowest BCUT2D eigenvalue weighted by Crippen LogP contribution is -2.33. The van der Waals surface area contributed by atoms with Crippen molar-refractivity contribution in [1.82, 2.24) is 19.6 Å². The normalized spacial score (nSPS) is 14.8. The first kappa shape index (κ1) is 22.4. The Hall–Kier alpha value is -3.39. The van der Waals surface area contributed by atoms with Crippen LogP contribution in [0.3, 0.4) is 0 Å². The maximum Gasteiger partial charge on any atom is 0.254 e. The van der Waals surface area contributed by atoms with Gasteiger partial charge in [0.2, 0.25) is 6.79 Å². The minimum atomic E-state index is -0.306. The van der Waals surface area contributed by atoms with Crippen LogP contribution in [0.5, 0.6) is 11.5 Å². The van der Waals surface area contributed by atoms with E-state index in [1.807, 2.05) is 13.0 Å². The molecule has 0 N–H and O–H groups in total. The maximum absolute atomic E-state index is 14.7. The van der Waals surface area contributed by atoms with Gasteiger partial charge in [-0.05, 0) is 50.2 Å². The number of amides is 1. The first-order chi connectivity index (χ1) is 16.6. The second kappa shape index (κ2) is 9.46. The number of carbonyl (C=O) groups is 1. The van der Waals surface area contributed by atoms with Crippen molar-refractivity contribution < 1.29 is 18.7 Å². The zero-order valence-electron chi connectivity index (χ0n) is 19.6. The largest absolute Gasteiger partial charge is 0.454 e. The fraction of sp³-hybridized carbons (Fsp3) is 0.385. The number of hydrogen-bond donors (Lipinski definition) is 0. The maximum atomic E-state index is 14.7. The molecule has 0 atom stereocenters. The Morgan fingerprint density at radius 2 is 1.97 bits per heavy atom. The smallest absolute Gasteiger partial charge is 0.254 e. The molecule has 0 bridgehead atoms. The molecule has 2 aromatic carbocycles. The van der Waals surface area contributed by atoms with Crippen molar-refractivity contribution in [1.29, 1.82) is 0 Å². The highest BCUT2D eigenvalue weighted by molar-refractivity contribution is 5.95. The van der Waals surface area contributed by atoms with Crippen LogP contribution in [0.4, 0.5) is 4.39 Å². The Morgan fingerprint density at radius 1 is 1.15 bits per heavy atom. The highest BCUT2D eigenvalue weighted by Crippen LogP contribution is 2.33. The first-order valence-electron chi connectivity index (χ1n) is 11.8. The van der Waals surface area contributed by atoms with Crippen molar-refractivity contribution in [2.45, 2.75) is 39.8 Å². The lowest BCUT2D eigenvalue weighted by Gasteiger charge is -2.28. The number of aromatic nitrogens is 2. The van der Waals surface area contributed by atoms with Crippen molar-refractivity contribution in [3.05, 3.63) is 70.8 Å². The number of benzene rings is 2. The molecule has 0 aliphatic carbocycles. The van der Waals surface area contributed by atoms with Crippen LogP contribution in [0.1, 0.15) is 47.6 Å². The predicted molar refractivity (Wildman–Crippen MR) is 126 cm³/mol. The average Bonchev–Trinajstić information content (AvgIpc) is 3.46. The molecule has 8 heteroatoms. The molecule has 0 fully saturated rings. The number of ether oxygens (including phenoxy) is 2. The van der Waals surface area contributed by atoms with Crippen LogP contribution in [0.15, 0.2) is 42.5 Å². The third kappa shape index (κ3) is 4.14. The second-order valence-corrected chi connectivity index (χ2v) is 8.65. The molecule has 178 valence electrons. The molecule has 1 amide bonds. The third-order valence-corrected chi connectivity index (χ3v) is 6.47. The van der Waals surface area contributed by atoms with Crippen molar-refractivity contribution in [2.75, 3.05) is 26.4 Å². The van der Waals surface area contributed by atoms with Gasteiger partial charge >= 0.3 is 0 Å². The summed E-state index contributed by atoms with van der Waals surface area (Å²) in [7, 11) is 0. The average molecular weight is 465 g/mol. The highest BCUT2D eigenvalue weighted by atomic mass is 19.1. The lowest BCUT2D eigenvalue weighted by molar-refractivity contribution is 0.0749. The van der Waals surface area contributed by atoms with Gasteiger partial charge in [-0.25, -0.2) is 9.07 Å². The zero-order valence-corrected chi connectivity index (χ0v) is 19.6. The van der Waals surface area contributed by atoms with Gasteiger partial charge in [0, 0.05) is 37.2 Å². The van der Waals surface area contributed by atoms with Crippen LogP contribution in [0.25, 0.3) is 5.69 Å². The summed E-state index contributed by atoms with van der Waals surface area (Å²) in [6.45, 7) is 7.82. The van der Waals surface area contributed by atoms with Gasteiger partial charge in [0.25, 0.3) is 5.91 Å². The molecule has 5 rings (SSSR count). The van der Waals surface area contributed by atoms with Crippen molar-refractivity contribution in [3.8, 4) is 17.2 Å². The van der Waals surface area contributed by atoms with E-state index in [0.29, 0.717) is 35.8 Å². The van der Waals surface area contributed by atoms with Gasteiger partial charge in [0.1, 0.15) is 11.5 Å². The number of carbonyl (C=O) groups excluding carboxylic acids is 1. The summed E-state index contributed by atoms with van der Waals surface area (Å²) < 4.78 is 27.2. The molecule has 0 saturated carbocycles. The van der Waals surface area contributed by atoms with Crippen LogP contribution in [0.2, 0.25) is 0 Å². The molecule has 3 aromatic rings. The number of rotatable bonds is 7. The summed E-state index contributed by atoms with van der Waals surface area (Å²) >= 11 is 0. The van der Waals surface area contributed by atoms with E-state index in [0.717, 1.165) is 49.4 Å². The molecular formula is C26H29FN4O3. The number of para-hydroxylation sites is 1. The minimum absolute atomic E-state index is 0.101. The van der Waals surface area contributed by atoms with Crippen LogP contribution in [-0.4, -0.2) is 51.9 Å². The molecule has 3 heterocycles. The summed E-state index contributed by atoms with van der Waals surface area (Å²) in [6, 6.07) is 12.0. The van der Waals surface area contributed by atoms with Gasteiger partial charge in [0.05, 0.1) is 17.9 Å². The second-order valence-electron chi connectivity index (χ2n) is 8.65. The summed E-state index contributed by atoms with van der Waals surface area (Å²) in [4.78, 5) is 17.5. The molecular weight excluding hydrogens is 435 g/mol. The molecule has 0 unspecified atom stereocenters. The van der Waals surface area contributed by atoms with Gasteiger partial charge < -0.3 is 14.4 Å². The topological polar surface area (TPSA) is 59.8 Å². The highest BCUT2D eigenvalue weighted by Gasteiger charge is 2.28. The fourth-order valence-corrected chi connectivity index (χ4v) is 4.72. The molecule has 34 heavy (non-hydrogen) atoms. The Labute approximate surface area is 198 Å². The SMILES string of the molecule is CCCN1CCc2c(c(CN(CC)C(=O)c3ccc4c(c3)OCO4)nn2-c2ccccc2F)C1. The van der Waals surface area contributed by atoms with Gasteiger partial charge in [-0.1, -0.05) is 19.1 Å². The molecule has 2 aliphatic heterocycles. The molecule has 0 spiro atoms. The van der Waals surface area contributed by atoms with Crippen molar-refractivity contribution >= 4 is 5.91 Å². The Balaban J connectivity index is 1.48. The Bertz CT molecular complexity index is 1210. The van der Waals surface area contributed by atoms with E-state index in [-0.39, 0.29) is 18.5 Å². The zero-order chi connectivity index (χ0) is 23.7. The number of hydrogen-bond acceptors (Lipinski definition) is 5. The van der Waals surface area contributed by atoms with E-state index in [9.17, 15) is 9.18 Å². The summed E-state index contributed by atoms with van der Waals surface area (Å²) in [5, 5.41) is 4.85. The quantitative estimate of drug-likeness (QED) is 0.525. The third-order valence-electron chi connectivity index (χ3n) is 6.47. The number of halogens is 1. The van der Waals surface area contributed by atoms with E-state index in [1.54, 1.807) is 39.9 Å². The van der Waals surface area contributed by atoms with Gasteiger partial charge in [-0.15, -0.1) is 0 Å².